The second-order valence-corrected chi connectivity index (χ2v) is 6.88. The van der Waals surface area contributed by atoms with E-state index in [2.05, 4.69) is 83.4 Å². The molecule has 2 aliphatic heterocycles. The van der Waals surface area contributed by atoms with Crippen molar-refractivity contribution in [3.8, 4) is 0 Å². The van der Waals surface area contributed by atoms with E-state index in [4.69, 9.17) is 0 Å². The molecule has 0 atom stereocenters. The van der Waals surface area contributed by atoms with Crippen LogP contribution >= 0.6 is 0 Å². The third-order valence-electron chi connectivity index (χ3n) is 4.95. The van der Waals surface area contributed by atoms with Gasteiger partial charge in [-0.05, 0) is 43.8 Å². The fraction of sp³-hybridized carbons (Fsp3) is 0.429. The molecule has 2 heterocycles. The summed E-state index contributed by atoms with van der Waals surface area (Å²) in [6, 6.07) is 19.4. The van der Waals surface area contributed by atoms with Crippen molar-refractivity contribution in [2.24, 2.45) is 0 Å². The Bertz CT molecular complexity index is 618. The first-order chi connectivity index (χ1) is 11.7. The van der Waals surface area contributed by atoms with Gasteiger partial charge in [0.1, 0.15) is 0 Å². The zero-order valence-corrected chi connectivity index (χ0v) is 15.0. The van der Waals surface area contributed by atoms with E-state index in [1.54, 1.807) is 0 Å². The smallest absolute Gasteiger partial charge is 0.0367 e. The van der Waals surface area contributed by atoms with E-state index in [9.17, 15) is 0 Å². The molecule has 2 aromatic carbocycles. The van der Waals surface area contributed by atoms with Gasteiger partial charge in [-0.3, -0.25) is 0 Å². The maximum Gasteiger partial charge on any atom is 0.0367 e. The van der Waals surface area contributed by atoms with Crippen LogP contribution in [0.1, 0.15) is 11.1 Å². The molecule has 0 amide bonds. The van der Waals surface area contributed by atoms with Crippen molar-refractivity contribution in [1.82, 2.24) is 9.80 Å². The number of anilines is 1. The van der Waals surface area contributed by atoms with Gasteiger partial charge in [-0.15, -0.1) is 0 Å². The predicted octanol–water partition coefficient (Wildman–Crippen LogP) is 3.11. The molecule has 0 unspecified atom stereocenters. The lowest BCUT2D eigenvalue weighted by molar-refractivity contribution is 0.313. The molecule has 0 aromatic heterocycles. The minimum Gasteiger partial charge on any atom is -0.369 e. The van der Waals surface area contributed by atoms with Crippen molar-refractivity contribution in [1.29, 1.82) is 0 Å². The normalized spacial score (nSPS) is 18.5. The number of rotatable bonds is 1. The Hall–Kier alpha value is -1.84. The van der Waals surface area contributed by atoms with Crippen LogP contribution < -0.4 is 4.90 Å². The largest absolute Gasteiger partial charge is 0.369 e. The summed E-state index contributed by atoms with van der Waals surface area (Å²) in [4.78, 5) is 7.18. The van der Waals surface area contributed by atoms with Gasteiger partial charge in [-0.1, -0.05) is 42.5 Å². The lowest BCUT2D eigenvalue weighted by Crippen LogP contribution is -2.44. The van der Waals surface area contributed by atoms with E-state index >= 15 is 0 Å². The van der Waals surface area contributed by atoms with E-state index in [0.717, 1.165) is 19.6 Å². The summed E-state index contributed by atoms with van der Waals surface area (Å²) in [5, 5.41) is 0. The van der Waals surface area contributed by atoms with Crippen LogP contribution in [0.5, 0.6) is 0 Å². The van der Waals surface area contributed by atoms with Crippen molar-refractivity contribution in [3.05, 3.63) is 65.7 Å². The van der Waals surface area contributed by atoms with Gasteiger partial charge in [-0.25, -0.2) is 0 Å². The minimum absolute atomic E-state index is 1.12. The molecule has 2 aliphatic rings. The molecule has 2 aromatic rings. The maximum atomic E-state index is 2.44. The molecule has 0 bridgehead atoms. The highest BCUT2D eigenvalue weighted by molar-refractivity contribution is 5.46. The molecule has 1 fully saturated rings. The number of para-hydroxylation sites is 1. The van der Waals surface area contributed by atoms with E-state index in [1.807, 2.05) is 0 Å². The summed E-state index contributed by atoms with van der Waals surface area (Å²) < 4.78 is 0. The Kier molecular flexibility index (Phi) is 5.89. The SMILES string of the molecule is CN1CCN(c2ccccc2)CC1.CN1CCc2ccccc2C1. The summed E-state index contributed by atoms with van der Waals surface area (Å²) in [5.41, 5.74) is 4.39. The summed E-state index contributed by atoms with van der Waals surface area (Å²) in [6.07, 6.45) is 1.21. The first-order valence-electron chi connectivity index (χ1n) is 8.96. The highest BCUT2D eigenvalue weighted by atomic mass is 15.2. The Morgan fingerprint density at radius 1 is 0.625 bits per heavy atom. The molecule has 3 heteroatoms. The lowest BCUT2D eigenvalue weighted by Gasteiger charge is -2.33. The summed E-state index contributed by atoms with van der Waals surface area (Å²) in [6.45, 7) is 6.98. The molecule has 4 rings (SSSR count). The average Bonchev–Trinajstić information content (AvgIpc) is 2.63. The summed E-state index contributed by atoms with van der Waals surface area (Å²) >= 11 is 0. The van der Waals surface area contributed by atoms with Crippen molar-refractivity contribution in [2.75, 3.05) is 51.7 Å². The Balaban J connectivity index is 0.000000143. The second-order valence-electron chi connectivity index (χ2n) is 6.88. The van der Waals surface area contributed by atoms with E-state index in [-0.39, 0.29) is 0 Å². The molecule has 0 saturated carbocycles. The van der Waals surface area contributed by atoms with Crippen molar-refractivity contribution >= 4 is 5.69 Å². The molecule has 1 saturated heterocycles. The van der Waals surface area contributed by atoms with Crippen LogP contribution in [-0.4, -0.2) is 56.6 Å². The number of hydrogen-bond donors (Lipinski definition) is 0. The lowest BCUT2D eigenvalue weighted by atomic mass is 10.0. The number of piperazine rings is 1. The van der Waals surface area contributed by atoms with Crippen LogP contribution in [0.4, 0.5) is 5.69 Å². The number of benzene rings is 2. The first kappa shape index (κ1) is 17.0. The van der Waals surface area contributed by atoms with Gasteiger partial charge < -0.3 is 14.7 Å². The Morgan fingerprint density at radius 2 is 1.25 bits per heavy atom. The average molecular weight is 323 g/mol. The molecule has 128 valence electrons. The zero-order valence-electron chi connectivity index (χ0n) is 15.0. The molecule has 0 aliphatic carbocycles. The molecular formula is C21H29N3. The van der Waals surface area contributed by atoms with Crippen LogP contribution in [-0.2, 0) is 13.0 Å². The van der Waals surface area contributed by atoms with E-state index in [1.165, 1.54) is 42.9 Å². The summed E-state index contributed by atoms with van der Waals surface area (Å²) in [7, 11) is 4.36. The number of likely N-dealkylation sites (N-methyl/N-ethyl adjacent to an activating group) is 2. The van der Waals surface area contributed by atoms with Gasteiger partial charge in [0.05, 0.1) is 0 Å². The van der Waals surface area contributed by atoms with Gasteiger partial charge in [0.15, 0.2) is 0 Å². The summed E-state index contributed by atoms with van der Waals surface area (Å²) in [5.74, 6) is 0. The fourth-order valence-electron chi connectivity index (χ4n) is 3.34. The van der Waals surface area contributed by atoms with Gasteiger partial charge in [-0.2, -0.15) is 0 Å². The second kappa shape index (κ2) is 8.32. The maximum absolute atomic E-state index is 2.44. The first-order valence-corrected chi connectivity index (χ1v) is 8.96. The quantitative estimate of drug-likeness (QED) is 0.798. The van der Waals surface area contributed by atoms with Crippen molar-refractivity contribution in [2.45, 2.75) is 13.0 Å². The Morgan fingerprint density at radius 3 is 1.96 bits per heavy atom. The topological polar surface area (TPSA) is 9.72 Å². The zero-order chi connectivity index (χ0) is 16.8. The van der Waals surface area contributed by atoms with Gasteiger partial charge in [0, 0.05) is 45.0 Å². The van der Waals surface area contributed by atoms with E-state index in [0.29, 0.717) is 0 Å². The van der Waals surface area contributed by atoms with Crippen LogP contribution in [0.3, 0.4) is 0 Å². The molecule has 3 nitrogen and oxygen atoms in total. The monoisotopic (exact) mass is 323 g/mol. The van der Waals surface area contributed by atoms with Gasteiger partial charge in [0.2, 0.25) is 0 Å². The molecule has 0 spiro atoms. The van der Waals surface area contributed by atoms with Crippen LogP contribution in [0.15, 0.2) is 54.6 Å². The van der Waals surface area contributed by atoms with Crippen LogP contribution in [0, 0.1) is 0 Å². The number of hydrogen-bond acceptors (Lipinski definition) is 3. The fourth-order valence-corrected chi connectivity index (χ4v) is 3.34. The number of fused-ring (bicyclic) bond motifs is 1. The number of nitrogens with zero attached hydrogens (tertiary/aromatic N) is 3. The highest BCUT2D eigenvalue weighted by Gasteiger charge is 2.13. The standard InChI is InChI=1S/C11H16N2.C10H13N/c1-12-7-9-13(10-8-12)11-5-3-2-4-6-11;1-11-7-6-9-4-2-3-5-10(9)8-11/h2-6H,7-10H2,1H3;2-5H,6-8H2,1H3. The van der Waals surface area contributed by atoms with Gasteiger partial charge in [0.25, 0.3) is 0 Å². The molecule has 24 heavy (non-hydrogen) atoms. The molecular weight excluding hydrogens is 294 g/mol. The van der Waals surface area contributed by atoms with Gasteiger partial charge >= 0.3 is 0 Å². The predicted molar refractivity (Wildman–Crippen MR) is 103 cm³/mol. The molecule has 0 N–H and O–H groups in total. The van der Waals surface area contributed by atoms with Crippen molar-refractivity contribution in [3.63, 3.8) is 0 Å². The minimum atomic E-state index is 1.12. The Labute approximate surface area is 146 Å². The van der Waals surface area contributed by atoms with Crippen LogP contribution in [0.2, 0.25) is 0 Å². The third kappa shape index (κ3) is 4.59. The van der Waals surface area contributed by atoms with Crippen molar-refractivity contribution < 1.29 is 0 Å². The highest BCUT2D eigenvalue weighted by Crippen LogP contribution is 2.16. The van der Waals surface area contributed by atoms with Crippen LogP contribution in [0.25, 0.3) is 0 Å². The van der Waals surface area contributed by atoms with E-state index < -0.39 is 0 Å². The third-order valence-corrected chi connectivity index (χ3v) is 4.95. The molecule has 0 radical (unpaired) electrons.